The highest BCUT2D eigenvalue weighted by Crippen LogP contribution is 2.30. The fraction of sp³-hybridized carbons (Fsp3) is 0.440. The zero-order valence-corrected chi connectivity index (χ0v) is 18.3. The Morgan fingerprint density at radius 1 is 1.03 bits per heavy atom. The van der Waals surface area contributed by atoms with E-state index < -0.39 is 5.60 Å². The van der Waals surface area contributed by atoms with Crippen LogP contribution in [-0.4, -0.2) is 58.3 Å². The Labute approximate surface area is 179 Å². The van der Waals surface area contributed by atoms with E-state index in [1.54, 1.807) is 0 Å². The summed E-state index contributed by atoms with van der Waals surface area (Å²) in [6, 6.07) is 14.8. The highest BCUT2D eigenvalue weighted by atomic mass is 16.3. The van der Waals surface area contributed by atoms with Crippen molar-refractivity contribution >= 4 is 16.6 Å². The van der Waals surface area contributed by atoms with E-state index in [0.717, 1.165) is 61.9 Å². The fourth-order valence-electron chi connectivity index (χ4n) is 4.00. The average Bonchev–Trinajstić information content (AvgIpc) is 2.77. The molecule has 1 aromatic carbocycles. The lowest BCUT2D eigenvalue weighted by Gasteiger charge is -2.35. The number of aliphatic hydroxyl groups is 1. The molecule has 0 amide bonds. The first-order valence-corrected chi connectivity index (χ1v) is 11.0. The van der Waals surface area contributed by atoms with Gasteiger partial charge >= 0.3 is 0 Å². The Balaban J connectivity index is 1.63. The van der Waals surface area contributed by atoms with Crippen molar-refractivity contribution in [1.29, 1.82) is 0 Å². The van der Waals surface area contributed by atoms with Gasteiger partial charge in [-0.05, 0) is 56.8 Å². The van der Waals surface area contributed by atoms with Crippen LogP contribution in [-0.2, 0) is 6.42 Å². The smallest absolute Gasteiger partial charge is 0.137 e. The highest BCUT2D eigenvalue weighted by molar-refractivity contribution is 5.95. The number of aromatic nitrogens is 2. The highest BCUT2D eigenvalue weighted by Gasteiger charge is 2.20. The molecule has 1 aliphatic heterocycles. The molecule has 158 valence electrons. The first-order valence-electron chi connectivity index (χ1n) is 11.0. The summed E-state index contributed by atoms with van der Waals surface area (Å²) in [7, 11) is 0. The standard InChI is InChI=1S/C25H32N4O/c1-4-28-13-15-29(16-14-28)24-22-8-6-5-7-19(22)17-23(27-24)20-9-10-21(26-18-20)11-12-25(2,3)30/h5-10,17-18,30H,4,11-16H2,1-3H3. The Kier molecular flexibility index (Phi) is 6.02. The second kappa shape index (κ2) is 8.70. The van der Waals surface area contributed by atoms with Gasteiger partial charge in [0.2, 0.25) is 0 Å². The third kappa shape index (κ3) is 4.79. The van der Waals surface area contributed by atoms with Crippen molar-refractivity contribution in [2.24, 2.45) is 0 Å². The summed E-state index contributed by atoms with van der Waals surface area (Å²) < 4.78 is 0. The lowest BCUT2D eigenvalue weighted by atomic mass is 10.0. The van der Waals surface area contributed by atoms with Crippen molar-refractivity contribution in [3.05, 3.63) is 54.4 Å². The van der Waals surface area contributed by atoms with Crippen LogP contribution in [0.3, 0.4) is 0 Å². The predicted octanol–water partition coefficient (Wildman–Crippen LogP) is 4.14. The number of pyridine rings is 2. The van der Waals surface area contributed by atoms with Gasteiger partial charge in [0.25, 0.3) is 0 Å². The molecule has 5 heteroatoms. The Bertz CT molecular complexity index is 986. The molecule has 2 aromatic heterocycles. The molecule has 0 atom stereocenters. The number of likely N-dealkylation sites (N-methyl/N-ethyl adjacent to an activating group) is 1. The average molecular weight is 405 g/mol. The van der Waals surface area contributed by atoms with E-state index in [1.807, 2.05) is 20.0 Å². The SMILES string of the molecule is CCN1CCN(c2nc(-c3ccc(CCC(C)(C)O)nc3)cc3ccccc23)CC1. The van der Waals surface area contributed by atoms with E-state index in [1.165, 1.54) is 10.8 Å². The van der Waals surface area contributed by atoms with E-state index in [9.17, 15) is 5.11 Å². The lowest BCUT2D eigenvalue weighted by Crippen LogP contribution is -2.46. The molecule has 1 N–H and O–H groups in total. The van der Waals surface area contributed by atoms with Crippen molar-refractivity contribution < 1.29 is 5.11 Å². The van der Waals surface area contributed by atoms with Crippen LogP contribution in [0.4, 0.5) is 5.82 Å². The van der Waals surface area contributed by atoms with Crippen molar-refractivity contribution in [3.63, 3.8) is 0 Å². The molecule has 1 saturated heterocycles. The van der Waals surface area contributed by atoms with Crippen molar-refractivity contribution in [2.75, 3.05) is 37.6 Å². The van der Waals surface area contributed by atoms with Crippen molar-refractivity contribution in [3.8, 4) is 11.3 Å². The second-order valence-corrected chi connectivity index (χ2v) is 8.82. The van der Waals surface area contributed by atoms with Gasteiger partial charge in [0.15, 0.2) is 0 Å². The van der Waals surface area contributed by atoms with E-state index in [4.69, 9.17) is 4.98 Å². The zero-order chi connectivity index (χ0) is 21.1. The largest absolute Gasteiger partial charge is 0.390 e. The molecule has 0 spiro atoms. The maximum Gasteiger partial charge on any atom is 0.137 e. The molecular formula is C25H32N4O. The number of benzene rings is 1. The predicted molar refractivity (Wildman–Crippen MR) is 124 cm³/mol. The number of fused-ring (bicyclic) bond motifs is 1. The Morgan fingerprint density at radius 3 is 2.47 bits per heavy atom. The summed E-state index contributed by atoms with van der Waals surface area (Å²) in [5.74, 6) is 1.07. The van der Waals surface area contributed by atoms with Crippen LogP contribution in [0.15, 0.2) is 48.7 Å². The van der Waals surface area contributed by atoms with E-state index in [-0.39, 0.29) is 0 Å². The molecule has 5 nitrogen and oxygen atoms in total. The van der Waals surface area contributed by atoms with E-state index in [0.29, 0.717) is 6.42 Å². The lowest BCUT2D eigenvalue weighted by molar-refractivity contribution is 0.0711. The molecule has 0 aliphatic carbocycles. The molecule has 3 aromatic rings. The van der Waals surface area contributed by atoms with Gasteiger partial charge in [-0.1, -0.05) is 31.2 Å². The summed E-state index contributed by atoms with van der Waals surface area (Å²) in [6.07, 6.45) is 3.37. The molecule has 0 saturated carbocycles. The van der Waals surface area contributed by atoms with E-state index >= 15 is 0 Å². The van der Waals surface area contributed by atoms with Crippen molar-refractivity contribution in [2.45, 2.75) is 39.2 Å². The van der Waals surface area contributed by atoms with Crippen LogP contribution in [0.2, 0.25) is 0 Å². The molecule has 0 bridgehead atoms. The molecule has 1 aliphatic rings. The van der Waals surface area contributed by atoms with Gasteiger partial charge in [0.05, 0.1) is 11.3 Å². The number of rotatable bonds is 6. The monoisotopic (exact) mass is 404 g/mol. The van der Waals surface area contributed by atoms with E-state index in [2.05, 4.69) is 64.2 Å². The number of aryl methyl sites for hydroxylation is 1. The summed E-state index contributed by atoms with van der Waals surface area (Å²) >= 11 is 0. The molecule has 0 radical (unpaired) electrons. The van der Waals surface area contributed by atoms with Gasteiger partial charge in [0.1, 0.15) is 5.82 Å². The zero-order valence-electron chi connectivity index (χ0n) is 18.3. The van der Waals surface area contributed by atoms with Gasteiger partial charge in [-0.3, -0.25) is 4.98 Å². The van der Waals surface area contributed by atoms with Gasteiger partial charge in [-0.15, -0.1) is 0 Å². The summed E-state index contributed by atoms with van der Waals surface area (Å²) in [5, 5.41) is 12.4. The van der Waals surface area contributed by atoms with Crippen LogP contribution < -0.4 is 4.90 Å². The quantitative estimate of drug-likeness (QED) is 0.669. The third-order valence-electron chi connectivity index (χ3n) is 5.95. The van der Waals surface area contributed by atoms with Crippen molar-refractivity contribution in [1.82, 2.24) is 14.9 Å². The molecule has 0 unspecified atom stereocenters. The van der Waals surface area contributed by atoms with Gasteiger partial charge in [-0.2, -0.15) is 0 Å². The molecule has 1 fully saturated rings. The number of hydrogen-bond acceptors (Lipinski definition) is 5. The van der Waals surface area contributed by atoms with Gasteiger partial charge in [-0.25, -0.2) is 4.98 Å². The summed E-state index contributed by atoms with van der Waals surface area (Å²) in [4.78, 5) is 14.6. The first-order chi connectivity index (χ1) is 14.4. The number of hydrogen-bond donors (Lipinski definition) is 1. The third-order valence-corrected chi connectivity index (χ3v) is 5.95. The van der Waals surface area contributed by atoms with Gasteiger partial charge in [0, 0.05) is 49.0 Å². The minimum absolute atomic E-state index is 0.670. The van der Waals surface area contributed by atoms with Crippen LogP contribution in [0, 0.1) is 0 Å². The van der Waals surface area contributed by atoms with Gasteiger partial charge < -0.3 is 14.9 Å². The van der Waals surface area contributed by atoms with Crippen LogP contribution in [0.5, 0.6) is 0 Å². The minimum atomic E-state index is -0.670. The first kappa shape index (κ1) is 20.8. The number of piperazine rings is 1. The maximum absolute atomic E-state index is 9.95. The maximum atomic E-state index is 9.95. The number of nitrogens with zero attached hydrogens (tertiary/aromatic N) is 4. The Morgan fingerprint density at radius 2 is 1.80 bits per heavy atom. The van der Waals surface area contributed by atoms with Crippen LogP contribution >= 0.6 is 0 Å². The minimum Gasteiger partial charge on any atom is -0.390 e. The molecular weight excluding hydrogens is 372 g/mol. The molecule has 4 rings (SSSR count). The fourth-order valence-corrected chi connectivity index (χ4v) is 4.00. The summed E-state index contributed by atoms with van der Waals surface area (Å²) in [5.41, 5.74) is 2.32. The van der Waals surface area contributed by atoms with Crippen LogP contribution in [0.25, 0.3) is 22.0 Å². The normalized spacial score (nSPS) is 15.7. The molecule has 30 heavy (non-hydrogen) atoms. The molecule has 3 heterocycles. The summed E-state index contributed by atoms with van der Waals surface area (Å²) in [6.45, 7) is 11.2. The second-order valence-electron chi connectivity index (χ2n) is 8.82. The topological polar surface area (TPSA) is 52.5 Å². The Hall–Kier alpha value is -2.50. The van der Waals surface area contributed by atoms with Crippen LogP contribution in [0.1, 0.15) is 32.9 Å². The number of anilines is 1.